The summed E-state index contributed by atoms with van der Waals surface area (Å²) >= 11 is 0. The van der Waals surface area contributed by atoms with Gasteiger partial charge in [0.2, 0.25) is 0 Å². The maximum atomic E-state index is 12.8. The van der Waals surface area contributed by atoms with Crippen LogP contribution in [0.4, 0.5) is 5.69 Å². The Hall–Kier alpha value is -3.81. The Kier molecular flexibility index (Phi) is 6.86. The number of aromatic nitrogens is 2. The second-order valence-electron chi connectivity index (χ2n) is 8.55. The lowest BCUT2D eigenvalue weighted by atomic mass is 10.1. The quantitative estimate of drug-likeness (QED) is 0.489. The Bertz CT molecular complexity index is 1180. The minimum Gasteiger partial charge on any atom is -0.494 e. The number of hydrogen-bond acceptors (Lipinski definition) is 6. The highest BCUT2D eigenvalue weighted by molar-refractivity contribution is 5.92. The van der Waals surface area contributed by atoms with E-state index < -0.39 is 0 Å². The van der Waals surface area contributed by atoms with E-state index in [1.807, 2.05) is 43.4 Å². The van der Waals surface area contributed by atoms with Crippen LogP contribution in [0.3, 0.4) is 0 Å². The average molecular weight is 463 g/mol. The number of esters is 1. The van der Waals surface area contributed by atoms with E-state index in [9.17, 15) is 9.59 Å². The van der Waals surface area contributed by atoms with Gasteiger partial charge in [-0.15, -0.1) is 0 Å². The first-order valence-electron chi connectivity index (χ1n) is 11.3. The van der Waals surface area contributed by atoms with Gasteiger partial charge in [0.15, 0.2) is 0 Å². The molecule has 1 fully saturated rings. The van der Waals surface area contributed by atoms with Crippen molar-refractivity contribution < 1.29 is 19.1 Å². The molecule has 0 atom stereocenters. The number of carbonyl (C=O) groups excluding carboxylic acids is 2. The molecule has 1 heterocycles. The summed E-state index contributed by atoms with van der Waals surface area (Å²) in [4.78, 5) is 26.5. The fraction of sp³-hybridized carbons (Fsp3) is 0.346. The second-order valence-corrected chi connectivity index (χ2v) is 8.55. The van der Waals surface area contributed by atoms with Gasteiger partial charge < -0.3 is 19.7 Å². The van der Waals surface area contributed by atoms with E-state index in [1.165, 1.54) is 7.11 Å². The number of amides is 1. The minimum absolute atomic E-state index is 0.159. The number of benzene rings is 2. The van der Waals surface area contributed by atoms with Crippen molar-refractivity contribution in [2.75, 3.05) is 26.2 Å². The van der Waals surface area contributed by atoms with Crippen molar-refractivity contribution in [3.05, 3.63) is 76.6 Å². The Balaban J connectivity index is 1.45. The molecule has 3 aromatic rings. The Morgan fingerprint density at radius 2 is 1.88 bits per heavy atom. The first-order valence-corrected chi connectivity index (χ1v) is 11.3. The maximum absolute atomic E-state index is 12.8. The lowest BCUT2D eigenvalue weighted by Crippen LogP contribution is -2.25. The van der Waals surface area contributed by atoms with Crippen LogP contribution in [0.1, 0.15) is 56.4 Å². The number of ether oxygens (including phenoxy) is 2. The number of anilines is 1. The van der Waals surface area contributed by atoms with Crippen LogP contribution >= 0.6 is 0 Å². The Morgan fingerprint density at radius 3 is 2.53 bits per heavy atom. The molecule has 1 saturated carbocycles. The van der Waals surface area contributed by atoms with Crippen molar-refractivity contribution in [2.24, 2.45) is 7.05 Å². The number of nitrogens with one attached hydrogen (secondary N) is 1. The summed E-state index contributed by atoms with van der Waals surface area (Å²) in [7, 11) is 6.78. The molecular weight excluding hydrogens is 432 g/mol. The molecule has 178 valence electrons. The number of rotatable bonds is 9. The third kappa shape index (κ3) is 5.06. The van der Waals surface area contributed by atoms with Crippen LogP contribution in [-0.2, 0) is 24.9 Å². The van der Waals surface area contributed by atoms with E-state index >= 15 is 0 Å². The SMILES string of the molecule is COC(=O)c1ccc(CN(C)c2cccc(CNC(=O)c3cc(C4CC4)nn3C)c2OC)cc1. The minimum atomic E-state index is -0.355. The van der Waals surface area contributed by atoms with Gasteiger partial charge >= 0.3 is 5.97 Å². The zero-order chi connectivity index (χ0) is 24.2. The molecule has 0 spiro atoms. The molecule has 8 nitrogen and oxygen atoms in total. The molecule has 0 aliphatic heterocycles. The molecule has 4 rings (SSSR count). The van der Waals surface area contributed by atoms with Crippen LogP contribution in [0.2, 0.25) is 0 Å². The molecule has 34 heavy (non-hydrogen) atoms. The summed E-state index contributed by atoms with van der Waals surface area (Å²) in [5.74, 6) is 0.691. The summed E-state index contributed by atoms with van der Waals surface area (Å²) in [6.07, 6.45) is 2.29. The molecular formula is C26H30N4O4. The maximum Gasteiger partial charge on any atom is 0.337 e. The average Bonchev–Trinajstić information content (AvgIpc) is 3.63. The molecule has 0 radical (unpaired) electrons. The second kappa shape index (κ2) is 9.99. The monoisotopic (exact) mass is 462 g/mol. The van der Waals surface area contributed by atoms with Crippen LogP contribution in [0.25, 0.3) is 0 Å². The molecule has 0 bridgehead atoms. The molecule has 0 saturated heterocycles. The van der Waals surface area contributed by atoms with E-state index in [2.05, 4.69) is 15.3 Å². The molecule has 1 aliphatic rings. The van der Waals surface area contributed by atoms with Gasteiger partial charge in [-0.1, -0.05) is 24.3 Å². The Labute approximate surface area is 199 Å². The van der Waals surface area contributed by atoms with Gasteiger partial charge in [0.05, 0.1) is 31.2 Å². The van der Waals surface area contributed by atoms with Gasteiger partial charge in [-0.2, -0.15) is 5.10 Å². The van der Waals surface area contributed by atoms with Gasteiger partial charge in [-0.25, -0.2) is 4.79 Å². The zero-order valence-electron chi connectivity index (χ0n) is 20.0. The largest absolute Gasteiger partial charge is 0.494 e. The van der Waals surface area contributed by atoms with E-state index in [4.69, 9.17) is 9.47 Å². The van der Waals surface area contributed by atoms with Crippen LogP contribution in [0.5, 0.6) is 5.75 Å². The standard InChI is InChI=1S/C26H30N4O4/c1-29(16-17-8-10-19(11-9-17)26(32)34-4)22-7-5-6-20(24(22)33-3)15-27-25(31)23-14-21(18-12-13-18)28-30(23)2/h5-11,14,18H,12-13,15-16H2,1-4H3,(H,27,31). The fourth-order valence-corrected chi connectivity index (χ4v) is 4.02. The van der Waals surface area contributed by atoms with E-state index in [1.54, 1.807) is 31.0 Å². The summed E-state index contributed by atoms with van der Waals surface area (Å²) in [6.45, 7) is 0.952. The van der Waals surface area contributed by atoms with Crippen molar-refractivity contribution >= 4 is 17.6 Å². The van der Waals surface area contributed by atoms with Gasteiger partial charge in [0.1, 0.15) is 11.4 Å². The van der Waals surface area contributed by atoms with Crippen LogP contribution < -0.4 is 15.0 Å². The van der Waals surface area contributed by atoms with E-state index in [0.29, 0.717) is 36.0 Å². The highest BCUT2D eigenvalue weighted by Crippen LogP contribution is 2.39. The van der Waals surface area contributed by atoms with Crippen LogP contribution in [0, 0.1) is 0 Å². The first kappa shape index (κ1) is 23.4. The van der Waals surface area contributed by atoms with Crippen molar-refractivity contribution in [1.82, 2.24) is 15.1 Å². The molecule has 0 unspecified atom stereocenters. The third-order valence-corrected chi connectivity index (χ3v) is 6.05. The van der Waals surface area contributed by atoms with Crippen molar-refractivity contribution in [1.29, 1.82) is 0 Å². The van der Waals surface area contributed by atoms with Crippen molar-refractivity contribution in [3.8, 4) is 5.75 Å². The summed E-state index contributed by atoms with van der Waals surface area (Å²) in [5.41, 5.74) is 4.90. The summed E-state index contributed by atoms with van der Waals surface area (Å²) in [6, 6.07) is 15.1. The Morgan fingerprint density at radius 1 is 1.15 bits per heavy atom. The van der Waals surface area contributed by atoms with Gasteiger partial charge in [0, 0.05) is 38.7 Å². The summed E-state index contributed by atoms with van der Waals surface area (Å²) in [5, 5.41) is 7.48. The smallest absolute Gasteiger partial charge is 0.337 e. The topological polar surface area (TPSA) is 85.7 Å². The first-order chi connectivity index (χ1) is 16.4. The van der Waals surface area contributed by atoms with E-state index in [-0.39, 0.29) is 11.9 Å². The number of nitrogens with zero attached hydrogens (tertiary/aromatic N) is 3. The van der Waals surface area contributed by atoms with Crippen LogP contribution in [-0.4, -0.2) is 42.9 Å². The molecule has 1 N–H and O–H groups in total. The normalized spacial score (nSPS) is 12.8. The van der Waals surface area contributed by atoms with Gasteiger partial charge in [0.25, 0.3) is 5.91 Å². The van der Waals surface area contributed by atoms with Crippen molar-refractivity contribution in [3.63, 3.8) is 0 Å². The highest BCUT2D eigenvalue weighted by atomic mass is 16.5. The number of para-hydroxylation sites is 1. The molecule has 8 heteroatoms. The number of aryl methyl sites for hydroxylation is 1. The zero-order valence-corrected chi connectivity index (χ0v) is 20.0. The number of hydrogen-bond donors (Lipinski definition) is 1. The highest BCUT2D eigenvalue weighted by Gasteiger charge is 2.28. The molecule has 1 aliphatic carbocycles. The summed E-state index contributed by atoms with van der Waals surface area (Å²) < 4.78 is 12.1. The predicted octanol–water partition coefficient (Wildman–Crippen LogP) is 3.66. The lowest BCUT2D eigenvalue weighted by molar-refractivity contribution is 0.0600. The third-order valence-electron chi connectivity index (χ3n) is 6.05. The lowest BCUT2D eigenvalue weighted by Gasteiger charge is -2.24. The molecule has 2 aromatic carbocycles. The molecule has 1 aromatic heterocycles. The number of carbonyl (C=O) groups is 2. The van der Waals surface area contributed by atoms with Crippen molar-refractivity contribution in [2.45, 2.75) is 31.8 Å². The van der Waals surface area contributed by atoms with Crippen LogP contribution in [0.15, 0.2) is 48.5 Å². The van der Waals surface area contributed by atoms with E-state index in [0.717, 1.165) is 35.3 Å². The predicted molar refractivity (Wildman–Crippen MR) is 129 cm³/mol. The molecule has 1 amide bonds. The number of methoxy groups -OCH3 is 2. The van der Waals surface area contributed by atoms with Gasteiger partial charge in [-0.05, 0) is 42.7 Å². The fourth-order valence-electron chi connectivity index (χ4n) is 4.02. The van der Waals surface area contributed by atoms with Gasteiger partial charge in [-0.3, -0.25) is 9.48 Å².